The van der Waals surface area contributed by atoms with Crippen molar-refractivity contribution in [3.63, 3.8) is 0 Å². The molecule has 0 aromatic rings. The number of hydrogen-bond acceptors (Lipinski definition) is 6. The van der Waals surface area contributed by atoms with Gasteiger partial charge in [0.1, 0.15) is 30.0 Å². The van der Waals surface area contributed by atoms with Crippen molar-refractivity contribution in [2.24, 2.45) is 0 Å². The zero-order valence-electron chi connectivity index (χ0n) is 6.20. The Hall–Kier alpha value is -0.240. The molecular weight excluding hydrogens is 168 g/mol. The van der Waals surface area contributed by atoms with Gasteiger partial charge < -0.3 is 30.6 Å². The summed E-state index contributed by atoms with van der Waals surface area (Å²) < 4.78 is 0. The van der Waals surface area contributed by atoms with Crippen molar-refractivity contribution in [1.82, 2.24) is 0 Å². The van der Waals surface area contributed by atoms with Crippen molar-refractivity contribution in [1.29, 1.82) is 0 Å². The smallest absolute Gasteiger partial charge is 0.144 e. The van der Waals surface area contributed by atoms with Crippen molar-refractivity contribution >= 4 is 0 Å². The molecule has 0 aromatic heterocycles. The molecule has 1 saturated carbocycles. The highest BCUT2D eigenvalue weighted by Crippen LogP contribution is 2.30. The van der Waals surface area contributed by atoms with Gasteiger partial charge in [-0.2, -0.15) is 0 Å². The number of hydrogen-bond donors (Lipinski definition) is 6. The predicted octanol–water partition coefficient (Wildman–Crippen LogP) is -3.83. The van der Waals surface area contributed by atoms with Gasteiger partial charge in [0.15, 0.2) is 0 Å². The molecule has 5 atom stereocenters. The molecule has 1 unspecified atom stereocenters. The van der Waals surface area contributed by atoms with E-state index in [1.807, 2.05) is 0 Å². The van der Waals surface area contributed by atoms with Gasteiger partial charge in [0.2, 0.25) is 0 Å². The molecule has 1 aliphatic rings. The lowest BCUT2D eigenvalue weighted by molar-refractivity contribution is -0.151. The molecule has 0 amide bonds. The Morgan fingerprint density at radius 1 is 0.917 bits per heavy atom. The van der Waals surface area contributed by atoms with Crippen molar-refractivity contribution in [3.8, 4) is 0 Å². The maximum Gasteiger partial charge on any atom is 0.144 e. The fraction of sp³-hybridized carbons (Fsp3) is 1.00. The molecule has 0 bridgehead atoms. The van der Waals surface area contributed by atoms with E-state index in [0.29, 0.717) is 0 Å². The van der Waals surface area contributed by atoms with Crippen LogP contribution in [0.25, 0.3) is 0 Å². The second kappa shape index (κ2) is 2.91. The summed E-state index contributed by atoms with van der Waals surface area (Å²) in [6, 6.07) is 0. The molecule has 72 valence electrons. The molecule has 0 aliphatic heterocycles. The molecule has 0 radical (unpaired) electrons. The SMILES string of the molecule is OCC1(O)[C@H](O)[C@@H](O)[C@@H](O)[C@@H]1O. The Morgan fingerprint density at radius 2 is 1.25 bits per heavy atom. The number of rotatable bonds is 1. The van der Waals surface area contributed by atoms with Crippen LogP contribution in [-0.4, -0.2) is 67.3 Å². The third kappa shape index (κ3) is 1.05. The van der Waals surface area contributed by atoms with Crippen molar-refractivity contribution in [3.05, 3.63) is 0 Å². The van der Waals surface area contributed by atoms with E-state index in [-0.39, 0.29) is 0 Å². The van der Waals surface area contributed by atoms with Crippen molar-refractivity contribution < 1.29 is 30.6 Å². The molecule has 6 N–H and O–H groups in total. The lowest BCUT2D eigenvalue weighted by Crippen LogP contribution is -2.51. The third-order valence-electron chi connectivity index (χ3n) is 2.27. The molecule has 12 heavy (non-hydrogen) atoms. The Kier molecular flexibility index (Phi) is 2.39. The lowest BCUT2D eigenvalue weighted by Gasteiger charge is -2.27. The maximum atomic E-state index is 9.31. The Balaban J connectivity index is 2.90. The first kappa shape index (κ1) is 9.85. The zero-order chi connectivity index (χ0) is 9.52. The van der Waals surface area contributed by atoms with E-state index >= 15 is 0 Å². The standard InChI is InChI=1S/C6H12O6/c7-1-6(12)4(10)2(8)3(9)5(6)11/h2-5,7-12H,1H2/t2-,3+,4+,5-,6?. The normalized spacial score (nSPS) is 54.5. The summed E-state index contributed by atoms with van der Waals surface area (Å²) in [6.07, 6.45) is -6.77. The van der Waals surface area contributed by atoms with E-state index in [1.165, 1.54) is 0 Å². The van der Waals surface area contributed by atoms with E-state index in [0.717, 1.165) is 0 Å². The average molecular weight is 180 g/mol. The van der Waals surface area contributed by atoms with Crippen LogP contribution in [0.4, 0.5) is 0 Å². The van der Waals surface area contributed by atoms with Crippen LogP contribution in [0.3, 0.4) is 0 Å². The molecule has 1 aliphatic carbocycles. The molecule has 0 heterocycles. The maximum absolute atomic E-state index is 9.31. The Bertz CT molecular complexity index is 157. The fourth-order valence-electron chi connectivity index (χ4n) is 1.33. The minimum Gasteiger partial charge on any atom is -0.393 e. The highest BCUT2D eigenvalue weighted by Gasteiger charge is 2.58. The van der Waals surface area contributed by atoms with Crippen LogP contribution in [0, 0.1) is 0 Å². The molecule has 1 fully saturated rings. The van der Waals surface area contributed by atoms with Crippen molar-refractivity contribution in [2.75, 3.05) is 6.61 Å². The molecule has 6 heteroatoms. The van der Waals surface area contributed by atoms with Gasteiger partial charge in [-0.3, -0.25) is 0 Å². The zero-order valence-corrected chi connectivity index (χ0v) is 6.20. The highest BCUT2D eigenvalue weighted by molar-refractivity contribution is 5.09. The van der Waals surface area contributed by atoms with E-state index < -0.39 is 36.6 Å². The molecule has 0 aromatic carbocycles. The summed E-state index contributed by atoms with van der Waals surface area (Å²) in [5.41, 5.74) is -2.24. The van der Waals surface area contributed by atoms with Crippen LogP contribution in [0.5, 0.6) is 0 Å². The van der Waals surface area contributed by atoms with Gasteiger partial charge in [-0.05, 0) is 0 Å². The summed E-state index contributed by atoms with van der Waals surface area (Å²) in [6.45, 7) is -0.927. The van der Waals surface area contributed by atoms with Crippen LogP contribution in [0.15, 0.2) is 0 Å². The van der Waals surface area contributed by atoms with Gasteiger partial charge in [0.05, 0.1) is 6.61 Å². The second-order valence-electron chi connectivity index (χ2n) is 3.02. The Labute approximate surface area is 68.3 Å². The second-order valence-corrected chi connectivity index (χ2v) is 3.02. The van der Waals surface area contributed by atoms with E-state index in [1.54, 1.807) is 0 Å². The predicted molar refractivity (Wildman–Crippen MR) is 36.1 cm³/mol. The first-order valence-electron chi connectivity index (χ1n) is 3.50. The molecule has 0 saturated heterocycles. The van der Waals surface area contributed by atoms with Gasteiger partial charge in [0, 0.05) is 0 Å². The van der Waals surface area contributed by atoms with Crippen LogP contribution >= 0.6 is 0 Å². The van der Waals surface area contributed by atoms with Gasteiger partial charge in [0.25, 0.3) is 0 Å². The molecule has 0 spiro atoms. The molecule has 6 nitrogen and oxygen atoms in total. The van der Waals surface area contributed by atoms with Crippen molar-refractivity contribution in [2.45, 2.75) is 30.0 Å². The summed E-state index contributed by atoms with van der Waals surface area (Å²) >= 11 is 0. The van der Waals surface area contributed by atoms with Gasteiger partial charge in [-0.25, -0.2) is 0 Å². The minimum atomic E-state index is -2.24. The molecular formula is C6H12O6. The topological polar surface area (TPSA) is 121 Å². The van der Waals surface area contributed by atoms with Crippen LogP contribution < -0.4 is 0 Å². The van der Waals surface area contributed by atoms with E-state index in [4.69, 9.17) is 25.5 Å². The summed E-state index contributed by atoms with van der Waals surface area (Å²) in [7, 11) is 0. The fourth-order valence-corrected chi connectivity index (χ4v) is 1.33. The molecule has 1 rings (SSSR count). The van der Waals surface area contributed by atoms with Crippen LogP contribution in [-0.2, 0) is 0 Å². The first-order valence-corrected chi connectivity index (χ1v) is 3.50. The third-order valence-corrected chi connectivity index (χ3v) is 2.27. The summed E-state index contributed by atoms with van der Waals surface area (Å²) in [4.78, 5) is 0. The quantitative estimate of drug-likeness (QED) is 0.246. The van der Waals surface area contributed by atoms with Gasteiger partial charge in [-0.1, -0.05) is 0 Å². The lowest BCUT2D eigenvalue weighted by atomic mass is 9.99. The van der Waals surface area contributed by atoms with E-state index in [2.05, 4.69) is 0 Å². The van der Waals surface area contributed by atoms with Crippen LogP contribution in [0.1, 0.15) is 0 Å². The summed E-state index contributed by atoms with van der Waals surface area (Å²) in [5, 5.41) is 54.0. The van der Waals surface area contributed by atoms with Gasteiger partial charge >= 0.3 is 0 Å². The van der Waals surface area contributed by atoms with E-state index in [9.17, 15) is 5.11 Å². The number of aliphatic hydroxyl groups excluding tert-OH is 5. The number of aliphatic hydroxyl groups is 6. The average Bonchev–Trinajstić information content (AvgIpc) is 2.22. The Morgan fingerprint density at radius 3 is 1.42 bits per heavy atom. The highest BCUT2D eigenvalue weighted by atomic mass is 16.4. The van der Waals surface area contributed by atoms with Crippen LogP contribution in [0.2, 0.25) is 0 Å². The first-order chi connectivity index (χ1) is 5.45. The largest absolute Gasteiger partial charge is 0.393 e. The van der Waals surface area contributed by atoms with Gasteiger partial charge in [-0.15, -0.1) is 0 Å². The summed E-state index contributed by atoms with van der Waals surface area (Å²) in [5.74, 6) is 0. The monoisotopic (exact) mass is 180 g/mol. The minimum absolute atomic E-state index is 0.927.